The molecular formula is C20H30N2O2. The Morgan fingerprint density at radius 3 is 2.33 bits per heavy atom. The number of nitrogens with zero attached hydrogens (tertiary/aromatic N) is 2. The summed E-state index contributed by atoms with van der Waals surface area (Å²) in [7, 11) is 0. The van der Waals surface area contributed by atoms with Crippen molar-refractivity contribution in [2.45, 2.75) is 33.6 Å². The van der Waals surface area contributed by atoms with Gasteiger partial charge in [0.15, 0.2) is 0 Å². The summed E-state index contributed by atoms with van der Waals surface area (Å²) in [6.07, 6.45) is 1.29. The van der Waals surface area contributed by atoms with Crippen molar-refractivity contribution in [3.8, 4) is 0 Å². The molecule has 4 nitrogen and oxygen atoms in total. The van der Waals surface area contributed by atoms with Crippen LogP contribution >= 0.6 is 0 Å². The number of hydrogen-bond acceptors (Lipinski definition) is 4. The molecule has 1 heterocycles. The summed E-state index contributed by atoms with van der Waals surface area (Å²) in [6.45, 7) is 12.0. The molecule has 0 radical (unpaired) electrons. The Morgan fingerprint density at radius 1 is 1.04 bits per heavy atom. The molecule has 0 amide bonds. The van der Waals surface area contributed by atoms with E-state index in [9.17, 15) is 4.79 Å². The van der Waals surface area contributed by atoms with E-state index < -0.39 is 0 Å². The van der Waals surface area contributed by atoms with Crippen LogP contribution in [-0.2, 0) is 9.53 Å². The smallest absolute Gasteiger partial charge is 0.305 e. The molecule has 0 spiro atoms. The number of carbonyl (C=O) groups is 1. The zero-order chi connectivity index (χ0) is 17.4. The van der Waals surface area contributed by atoms with E-state index in [1.165, 1.54) is 16.8 Å². The van der Waals surface area contributed by atoms with Crippen molar-refractivity contribution in [1.29, 1.82) is 0 Å². The van der Waals surface area contributed by atoms with Crippen LogP contribution in [0, 0.1) is 0 Å². The van der Waals surface area contributed by atoms with E-state index in [0.29, 0.717) is 13.0 Å². The molecule has 0 saturated carbocycles. The van der Waals surface area contributed by atoms with Crippen LogP contribution < -0.4 is 4.90 Å². The molecule has 1 aliphatic heterocycles. The monoisotopic (exact) mass is 330 g/mol. The van der Waals surface area contributed by atoms with Gasteiger partial charge in [0.2, 0.25) is 0 Å². The summed E-state index contributed by atoms with van der Waals surface area (Å²) < 4.78 is 5.17. The van der Waals surface area contributed by atoms with Gasteiger partial charge in [-0.3, -0.25) is 9.69 Å². The maximum Gasteiger partial charge on any atom is 0.305 e. The Kier molecular flexibility index (Phi) is 7.32. The largest absolute Gasteiger partial charge is 0.465 e. The van der Waals surface area contributed by atoms with E-state index in [2.05, 4.69) is 54.0 Å². The summed E-state index contributed by atoms with van der Waals surface area (Å²) >= 11 is 0. The van der Waals surface area contributed by atoms with E-state index in [1.54, 1.807) is 0 Å². The predicted molar refractivity (Wildman–Crippen MR) is 99.3 cm³/mol. The number of piperazine rings is 1. The third kappa shape index (κ3) is 5.68. The number of benzene rings is 1. The quantitative estimate of drug-likeness (QED) is 0.566. The molecule has 1 aliphatic rings. The minimum atomic E-state index is -0.113. The van der Waals surface area contributed by atoms with Crippen molar-refractivity contribution in [3.05, 3.63) is 41.5 Å². The standard InChI is InChI=1S/C20H30N2O2/c1-4-20(23)24-15-10-17(2)18(3)16-21-11-13-22(14-12-21)19-8-6-5-7-9-19/h5-9H,4,10-16H2,1-3H3/b18-17+. The Hall–Kier alpha value is -1.81. The number of ether oxygens (including phenoxy) is 1. The van der Waals surface area contributed by atoms with Gasteiger partial charge in [-0.15, -0.1) is 0 Å². The number of esters is 1. The first-order valence-electron chi connectivity index (χ1n) is 8.93. The second-order valence-electron chi connectivity index (χ2n) is 6.48. The lowest BCUT2D eigenvalue weighted by Gasteiger charge is -2.36. The van der Waals surface area contributed by atoms with Crippen molar-refractivity contribution in [3.63, 3.8) is 0 Å². The molecule has 0 bridgehead atoms. The SMILES string of the molecule is CCC(=O)OCC/C(C)=C(\C)CN1CCN(c2ccccc2)CC1. The molecule has 2 rings (SSSR count). The van der Waals surface area contributed by atoms with Gasteiger partial charge in [0.1, 0.15) is 0 Å². The fourth-order valence-electron chi connectivity index (χ4n) is 2.91. The highest BCUT2D eigenvalue weighted by atomic mass is 16.5. The fourth-order valence-corrected chi connectivity index (χ4v) is 2.91. The molecule has 4 heteroatoms. The molecule has 132 valence electrons. The van der Waals surface area contributed by atoms with Gasteiger partial charge in [-0.25, -0.2) is 0 Å². The Balaban J connectivity index is 1.76. The lowest BCUT2D eigenvalue weighted by atomic mass is 10.1. The number of para-hydroxylation sites is 1. The van der Waals surface area contributed by atoms with Gasteiger partial charge in [0, 0.05) is 51.3 Å². The third-order valence-electron chi connectivity index (χ3n) is 4.71. The average Bonchev–Trinajstić information content (AvgIpc) is 2.62. The van der Waals surface area contributed by atoms with E-state index in [4.69, 9.17) is 4.74 Å². The van der Waals surface area contributed by atoms with E-state index in [-0.39, 0.29) is 5.97 Å². The molecule has 1 aromatic rings. The highest BCUT2D eigenvalue weighted by Crippen LogP contribution is 2.17. The summed E-state index contributed by atoms with van der Waals surface area (Å²) in [4.78, 5) is 16.1. The molecule has 1 aromatic carbocycles. The molecule has 24 heavy (non-hydrogen) atoms. The minimum Gasteiger partial charge on any atom is -0.465 e. The summed E-state index contributed by atoms with van der Waals surface area (Å²) in [5.74, 6) is -0.113. The number of rotatable bonds is 7. The topological polar surface area (TPSA) is 32.8 Å². The lowest BCUT2D eigenvalue weighted by Crippen LogP contribution is -2.46. The zero-order valence-corrected chi connectivity index (χ0v) is 15.3. The van der Waals surface area contributed by atoms with Crippen LogP contribution in [0.3, 0.4) is 0 Å². The summed E-state index contributed by atoms with van der Waals surface area (Å²) in [5.41, 5.74) is 4.05. The van der Waals surface area contributed by atoms with Crippen molar-refractivity contribution in [1.82, 2.24) is 4.90 Å². The predicted octanol–water partition coefficient (Wildman–Crippen LogP) is 3.49. The Labute approximate surface area is 146 Å². The van der Waals surface area contributed by atoms with Crippen molar-refractivity contribution >= 4 is 11.7 Å². The first-order chi connectivity index (χ1) is 11.6. The molecule has 0 unspecified atom stereocenters. The summed E-state index contributed by atoms with van der Waals surface area (Å²) in [6, 6.07) is 10.6. The lowest BCUT2D eigenvalue weighted by molar-refractivity contribution is -0.143. The first kappa shape index (κ1) is 18.5. The van der Waals surface area contributed by atoms with Gasteiger partial charge >= 0.3 is 5.97 Å². The molecule has 1 saturated heterocycles. The first-order valence-corrected chi connectivity index (χ1v) is 8.93. The van der Waals surface area contributed by atoms with E-state index in [1.807, 2.05) is 6.92 Å². The molecule has 1 fully saturated rings. The number of hydrogen-bond donors (Lipinski definition) is 0. The minimum absolute atomic E-state index is 0.113. The van der Waals surface area contributed by atoms with Crippen LogP contribution in [-0.4, -0.2) is 50.2 Å². The van der Waals surface area contributed by atoms with Gasteiger partial charge in [-0.05, 0) is 26.0 Å². The normalized spacial score (nSPS) is 16.7. The van der Waals surface area contributed by atoms with E-state index in [0.717, 1.165) is 39.1 Å². The second-order valence-corrected chi connectivity index (χ2v) is 6.48. The van der Waals surface area contributed by atoms with Crippen LogP contribution in [0.4, 0.5) is 5.69 Å². The molecule has 0 aromatic heterocycles. The Bertz CT molecular complexity index is 546. The van der Waals surface area contributed by atoms with Gasteiger partial charge in [0.25, 0.3) is 0 Å². The maximum absolute atomic E-state index is 11.2. The van der Waals surface area contributed by atoms with Crippen molar-refractivity contribution in [2.75, 3.05) is 44.2 Å². The number of carbonyl (C=O) groups excluding carboxylic acids is 1. The number of anilines is 1. The average molecular weight is 330 g/mol. The van der Waals surface area contributed by atoms with Gasteiger partial charge in [0.05, 0.1) is 6.61 Å². The fraction of sp³-hybridized carbons (Fsp3) is 0.550. The van der Waals surface area contributed by atoms with Gasteiger partial charge in [-0.2, -0.15) is 0 Å². The molecule has 0 atom stereocenters. The Morgan fingerprint density at radius 2 is 1.71 bits per heavy atom. The van der Waals surface area contributed by atoms with Gasteiger partial charge < -0.3 is 9.64 Å². The van der Waals surface area contributed by atoms with Crippen LogP contribution in [0.1, 0.15) is 33.6 Å². The van der Waals surface area contributed by atoms with E-state index >= 15 is 0 Å². The van der Waals surface area contributed by atoms with Crippen molar-refractivity contribution in [2.24, 2.45) is 0 Å². The second kappa shape index (κ2) is 9.48. The summed E-state index contributed by atoms with van der Waals surface area (Å²) in [5, 5.41) is 0. The third-order valence-corrected chi connectivity index (χ3v) is 4.71. The molecule has 0 N–H and O–H groups in total. The van der Waals surface area contributed by atoms with Crippen LogP contribution in [0.2, 0.25) is 0 Å². The highest BCUT2D eigenvalue weighted by Gasteiger charge is 2.17. The molecule has 0 aliphatic carbocycles. The van der Waals surface area contributed by atoms with Crippen molar-refractivity contribution < 1.29 is 9.53 Å². The van der Waals surface area contributed by atoms with Crippen LogP contribution in [0.25, 0.3) is 0 Å². The molecular weight excluding hydrogens is 300 g/mol. The van der Waals surface area contributed by atoms with Crippen LogP contribution in [0.5, 0.6) is 0 Å². The van der Waals surface area contributed by atoms with Crippen LogP contribution in [0.15, 0.2) is 41.5 Å². The maximum atomic E-state index is 11.2. The van der Waals surface area contributed by atoms with Gasteiger partial charge in [-0.1, -0.05) is 36.3 Å². The zero-order valence-electron chi connectivity index (χ0n) is 15.3. The highest BCUT2D eigenvalue weighted by molar-refractivity contribution is 5.68.